The van der Waals surface area contributed by atoms with Crippen LogP contribution in [0.25, 0.3) is 11.0 Å². The maximum atomic E-state index is 5.88. The van der Waals surface area contributed by atoms with Gasteiger partial charge in [-0.3, -0.25) is 0 Å². The smallest absolute Gasteiger partial charge is 0.136 e. The van der Waals surface area contributed by atoms with E-state index in [4.69, 9.17) is 10.5 Å². The fourth-order valence-electron chi connectivity index (χ4n) is 2.18. The molecule has 1 aliphatic rings. The van der Waals surface area contributed by atoms with Crippen LogP contribution in [0, 0.1) is 0 Å². The van der Waals surface area contributed by atoms with Gasteiger partial charge in [0.1, 0.15) is 17.4 Å². The van der Waals surface area contributed by atoms with Crippen LogP contribution >= 0.6 is 0 Å². The normalized spacial score (nSPS) is 21.4. The lowest BCUT2D eigenvalue weighted by Crippen LogP contribution is -2.12. The molecule has 0 amide bonds. The first kappa shape index (κ1) is 9.66. The Morgan fingerprint density at radius 1 is 1.38 bits per heavy atom. The van der Waals surface area contributed by atoms with E-state index in [1.807, 2.05) is 18.2 Å². The van der Waals surface area contributed by atoms with Crippen LogP contribution in [0.1, 0.15) is 31.2 Å². The molecule has 4 nitrogen and oxygen atoms in total. The third-order valence-electron chi connectivity index (χ3n) is 3.05. The fourth-order valence-corrected chi connectivity index (χ4v) is 2.18. The molecule has 1 saturated heterocycles. The molecule has 0 bridgehead atoms. The molecule has 3 rings (SSSR count). The number of hydrogen-bond donors (Lipinski definition) is 2. The standard InChI is InChI=1S/C12H15N3O/c13-8-4-3-5-9-11(8)15-12(14-9)10-6-1-2-7-16-10/h3-5,10H,1-2,6-7,13H2,(H,14,15). The lowest BCUT2D eigenvalue weighted by atomic mass is 10.1. The molecule has 0 aliphatic carbocycles. The number of nitrogens with one attached hydrogen (secondary N) is 1. The Morgan fingerprint density at radius 2 is 2.31 bits per heavy atom. The van der Waals surface area contributed by atoms with Gasteiger partial charge in [-0.1, -0.05) is 6.07 Å². The van der Waals surface area contributed by atoms with E-state index in [1.165, 1.54) is 6.42 Å². The minimum absolute atomic E-state index is 0.112. The molecule has 1 fully saturated rings. The van der Waals surface area contributed by atoms with Gasteiger partial charge in [-0.2, -0.15) is 0 Å². The van der Waals surface area contributed by atoms with Crippen molar-refractivity contribution in [3.63, 3.8) is 0 Å². The number of aromatic amines is 1. The average molecular weight is 217 g/mol. The van der Waals surface area contributed by atoms with Gasteiger partial charge in [0.2, 0.25) is 0 Å². The first-order chi connectivity index (χ1) is 7.84. The second-order valence-corrected chi connectivity index (χ2v) is 4.22. The Balaban J connectivity index is 2.01. The van der Waals surface area contributed by atoms with Gasteiger partial charge in [-0.15, -0.1) is 0 Å². The number of nitrogens with two attached hydrogens (primary N) is 1. The fraction of sp³-hybridized carbons (Fsp3) is 0.417. The van der Waals surface area contributed by atoms with Crippen molar-refractivity contribution in [3.8, 4) is 0 Å². The molecule has 0 saturated carbocycles. The summed E-state index contributed by atoms with van der Waals surface area (Å²) in [5.41, 5.74) is 8.44. The van der Waals surface area contributed by atoms with E-state index >= 15 is 0 Å². The molecular formula is C12H15N3O. The highest BCUT2D eigenvalue weighted by Gasteiger charge is 2.19. The van der Waals surface area contributed by atoms with Crippen molar-refractivity contribution < 1.29 is 4.74 Å². The van der Waals surface area contributed by atoms with Gasteiger partial charge in [-0.05, 0) is 31.4 Å². The molecule has 1 aromatic carbocycles. The van der Waals surface area contributed by atoms with Crippen molar-refractivity contribution >= 4 is 16.7 Å². The maximum absolute atomic E-state index is 5.88. The summed E-state index contributed by atoms with van der Waals surface area (Å²) in [4.78, 5) is 7.82. The number of fused-ring (bicyclic) bond motifs is 1. The van der Waals surface area contributed by atoms with Crippen molar-refractivity contribution in [2.75, 3.05) is 12.3 Å². The monoisotopic (exact) mass is 217 g/mol. The number of ether oxygens (including phenoxy) is 1. The molecule has 0 radical (unpaired) electrons. The van der Waals surface area contributed by atoms with Crippen LogP contribution in [0.4, 0.5) is 5.69 Å². The maximum Gasteiger partial charge on any atom is 0.136 e. The summed E-state index contributed by atoms with van der Waals surface area (Å²) in [5.74, 6) is 0.910. The van der Waals surface area contributed by atoms with Crippen molar-refractivity contribution in [1.82, 2.24) is 9.97 Å². The highest BCUT2D eigenvalue weighted by molar-refractivity contribution is 5.86. The van der Waals surface area contributed by atoms with Crippen LogP contribution in [0.2, 0.25) is 0 Å². The largest absolute Gasteiger partial charge is 0.397 e. The van der Waals surface area contributed by atoms with E-state index in [0.717, 1.165) is 42.0 Å². The van der Waals surface area contributed by atoms with Crippen LogP contribution in [0.15, 0.2) is 18.2 Å². The van der Waals surface area contributed by atoms with Crippen molar-refractivity contribution in [1.29, 1.82) is 0 Å². The number of benzene rings is 1. The van der Waals surface area contributed by atoms with E-state index in [9.17, 15) is 0 Å². The molecule has 3 N–H and O–H groups in total. The van der Waals surface area contributed by atoms with Gasteiger partial charge in [0, 0.05) is 6.61 Å². The number of nitrogen functional groups attached to an aromatic ring is 1. The molecule has 2 aromatic rings. The van der Waals surface area contributed by atoms with E-state index in [-0.39, 0.29) is 6.10 Å². The van der Waals surface area contributed by atoms with Gasteiger partial charge in [-0.25, -0.2) is 4.98 Å². The Hall–Kier alpha value is -1.55. The van der Waals surface area contributed by atoms with Crippen molar-refractivity contribution in [3.05, 3.63) is 24.0 Å². The summed E-state index contributed by atoms with van der Waals surface area (Å²) in [5, 5.41) is 0. The van der Waals surface area contributed by atoms with Gasteiger partial charge < -0.3 is 15.5 Å². The lowest BCUT2D eigenvalue weighted by molar-refractivity contribution is 0.0101. The predicted molar refractivity (Wildman–Crippen MR) is 63.1 cm³/mol. The first-order valence-electron chi connectivity index (χ1n) is 5.70. The molecule has 0 spiro atoms. The topological polar surface area (TPSA) is 63.9 Å². The SMILES string of the molecule is Nc1cccc2[nH]c(C3CCCCO3)nc12. The Morgan fingerprint density at radius 3 is 3.06 bits per heavy atom. The quantitative estimate of drug-likeness (QED) is 0.721. The summed E-state index contributed by atoms with van der Waals surface area (Å²) < 4.78 is 5.70. The second kappa shape index (κ2) is 3.79. The van der Waals surface area contributed by atoms with Crippen LogP contribution in [0.3, 0.4) is 0 Å². The molecule has 1 unspecified atom stereocenters. The van der Waals surface area contributed by atoms with E-state index in [0.29, 0.717) is 0 Å². The average Bonchev–Trinajstić information content (AvgIpc) is 2.76. The van der Waals surface area contributed by atoms with Crippen LogP contribution in [0.5, 0.6) is 0 Å². The van der Waals surface area contributed by atoms with Gasteiger partial charge >= 0.3 is 0 Å². The van der Waals surface area contributed by atoms with Gasteiger partial charge in [0.25, 0.3) is 0 Å². The molecule has 2 heterocycles. The third kappa shape index (κ3) is 1.55. The Bertz CT molecular complexity index is 500. The zero-order chi connectivity index (χ0) is 11.0. The summed E-state index contributed by atoms with van der Waals surface area (Å²) in [7, 11) is 0. The molecule has 84 valence electrons. The zero-order valence-corrected chi connectivity index (χ0v) is 9.07. The van der Waals surface area contributed by atoms with Crippen molar-refractivity contribution in [2.45, 2.75) is 25.4 Å². The van der Waals surface area contributed by atoms with Crippen LogP contribution in [-0.4, -0.2) is 16.6 Å². The summed E-state index contributed by atoms with van der Waals surface area (Å²) in [6.07, 6.45) is 3.51. The second-order valence-electron chi connectivity index (χ2n) is 4.22. The third-order valence-corrected chi connectivity index (χ3v) is 3.05. The number of rotatable bonds is 1. The minimum Gasteiger partial charge on any atom is -0.397 e. The minimum atomic E-state index is 0.112. The van der Waals surface area contributed by atoms with E-state index in [2.05, 4.69) is 9.97 Å². The summed E-state index contributed by atoms with van der Waals surface area (Å²) in [6, 6.07) is 5.79. The van der Waals surface area contributed by atoms with E-state index in [1.54, 1.807) is 0 Å². The zero-order valence-electron chi connectivity index (χ0n) is 9.07. The number of nitrogens with zero attached hydrogens (tertiary/aromatic N) is 1. The summed E-state index contributed by atoms with van der Waals surface area (Å²) in [6.45, 7) is 0.831. The number of hydrogen-bond acceptors (Lipinski definition) is 3. The van der Waals surface area contributed by atoms with Gasteiger partial charge in [0.05, 0.1) is 11.2 Å². The lowest BCUT2D eigenvalue weighted by Gasteiger charge is -2.20. The van der Waals surface area contributed by atoms with Crippen LogP contribution < -0.4 is 5.73 Å². The highest BCUT2D eigenvalue weighted by atomic mass is 16.5. The molecule has 1 atom stereocenters. The van der Waals surface area contributed by atoms with Gasteiger partial charge in [0.15, 0.2) is 0 Å². The number of imidazole rings is 1. The van der Waals surface area contributed by atoms with E-state index < -0.39 is 0 Å². The molecule has 1 aliphatic heterocycles. The van der Waals surface area contributed by atoms with Crippen LogP contribution in [-0.2, 0) is 4.74 Å². The Labute approximate surface area is 93.8 Å². The number of aromatic nitrogens is 2. The molecule has 16 heavy (non-hydrogen) atoms. The van der Waals surface area contributed by atoms with Crippen molar-refractivity contribution in [2.24, 2.45) is 0 Å². The number of H-pyrrole nitrogens is 1. The number of anilines is 1. The number of para-hydroxylation sites is 1. The summed E-state index contributed by atoms with van der Waals surface area (Å²) >= 11 is 0. The molecule has 4 heteroatoms. The predicted octanol–water partition coefficient (Wildman–Crippen LogP) is 2.39. The molecular weight excluding hydrogens is 202 g/mol. The Kier molecular flexibility index (Phi) is 2.29. The molecule has 1 aromatic heterocycles. The highest BCUT2D eigenvalue weighted by Crippen LogP contribution is 2.28. The first-order valence-corrected chi connectivity index (χ1v) is 5.70.